The molecule has 7 nitrogen and oxygen atoms in total. The van der Waals surface area contributed by atoms with Gasteiger partial charge in [0.15, 0.2) is 0 Å². The summed E-state index contributed by atoms with van der Waals surface area (Å²) in [6, 6.07) is 8.19. The number of aliphatic hydroxyl groups excluding tert-OH is 1. The summed E-state index contributed by atoms with van der Waals surface area (Å²) >= 11 is 0. The van der Waals surface area contributed by atoms with Crippen molar-refractivity contribution in [3.63, 3.8) is 0 Å². The van der Waals surface area contributed by atoms with E-state index in [2.05, 4.69) is 29.2 Å². The minimum atomic E-state index is -0.0729. The number of nitrogens with zero attached hydrogens (tertiary/aromatic N) is 3. The Kier molecular flexibility index (Phi) is 6.01. The number of fused-ring (bicyclic) bond motifs is 1. The van der Waals surface area contributed by atoms with Crippen molar-refractivity contribution in [2.24, 2.45) is 0 Å². The number of anilines is 1. The molecule has 26 heavy (non-hydrogen) atoms. The van der Waals surface area contributed by atoms with Crippen LogP contribution in [-0.4, -0.2) is 91.4 Å². The van der Waals surface area contributed by atoms with E-state index in [1.807, 2.05) is 29.2 Å². The lowest BCUT2D eigenvalue weighted by atomic mass is 9.90. The largest absolute Gasteiger partial charge is 0.497 e. The van der Waals surface area contributed by atoms with Crippen LogP contribution in [0.5, 0.6) is 5.75 Å². The SMILES string of the molecule is COc1ccc(NC(=O)N2CC(N(C)C)CCN3[C@H](CO)C[C@@H]3C2)cc1. The van der Waals surface area contributed by atoms with Crippen molar-refractivity contribution < 1.29 is 14.6 Å². The molecular formula is C19H30N4O3. The number of ether oxygens (including phenoxy) is 1. The van der Waals surface area contributed by atoms with Crippen molar-refractivity contribution in [3.8, 4) is 5.75 Å². The summed E-state index contributed by atoms with van der Waals surface area (Å²) in [5, 5.41) is 12.5. The maximum atomic E-state index is 12.9. The molecule has 7 heteroatoms. The number of aliphatic hydroxyl groups is 1. The summed E-state index contributed by atoms with van der Waals surface area (Å²) in [6.07, 6.45) is 1.95. The molecule has 0 bridgehead atoms. The summed E-state index contributed by atoms with van der Waals surface area (Å²) in [4.78, 5) is 19.3. The van der Waals surface area contributed by atoms with Crippen molar-refractivity contribution in [3.05, 3.63) is 24.3 Å². The van der Waals surface area contributed by atoms with Gasteiger partial charge in [-0.3, -0.25) is 4.90 Å². The standard InChI is InChI=1S/C19H30N4O3/c1-21(2)15-8-9-23-16(10-17(23)13-24)12-22(11-15)19(25)20-14-4-6-18(26-3)7-5-14/h4-7,15-17,24H,8-13H2,1-3H3,(H,20,25)/t15?,16-,17+/m1/s1. The topological polar surface area (TPSA) is 68.3 Å². The number of carbonyl (C=O) groups excluding carboxylic acids is 1. The average Bonchev–Trinajstić information content (AvgIpc) is 2.61. The highest BCUT2D eigenvalue weighted by molar-refractivity contribution is 5.89. The van der Waals surface area contributed by atoms with Gasteiger partial charge in [0.2, 0.25) is 0 Å². The number of benzene rings is 1. The van der Waals surface area contributed by atoms with Crippen LogP contribution in [0, 0.1) is 0 Å². The highest BCUT2D eigenvalue weighted by Crippen LogP contribution is 2.29. The Morgan fingerprint density at radius 1 is 1.31 bits per heavy atom. The van der Waals surface area contributed by atoms with Crippen LogP contribution in [0.1, 0.15) is 12.8 Å². The molecule has 0 aliphatic carbocycles. The minimum absolute atomic E-state index is 0.0729. The van der Waals surface area contributed by atoms with E-state index in [0.717, 1.165) is 30.8 Å². The summed E-state index contributed by atoms with van der Waals surface area (Å²) in [7, 11) is 5.74. The van der Waals surface area contributed by atoms with Crippen LogP contribution in [0.3, 0.4) is 0 Å². The van der Waals surface area contributed by atoms with Gasteiger partial charge in [-0.25, -0.2) is 4.79 Å². The third kappa shape index (κ3) is 4.11. The second kappa shape index (κ2) is 8.24. The molecule has 0 radical (unpaired) electrons. The zero-order chi connectivity index (χ0) is 18.7. The molecule has 2 aliphatic rings. The van der Waals surface area contributed by atoms with Crippen LogP contribution in [0.25, 0.3) is 0 Å². The van der Waals surface area contributed by atoms with E-state index in [-0.39, 0.29) is 18.7 Å². The Bertz CT molecular complexity index is 607. The van der Waals surface area contributed by atoms with Crippen molar-refractivity contribution in [2.45, 2.75) is 31.0 Å². The molecule has 0 aromatic heterocycles. The lowest BCUT2D eigenvalue weighted by Gasteiger charge is -2.52. The highest BCUT2D eigenvalue weighted by Gasteiger charge is 2.41. The zero-order valence-corrected chi connectivity index (χ0v) is 15.9. The molecule has 0 spiro atoms. The highest BCUT2D eigenvalue weighted by atomic mass is 16.5. The van der Waals surface area contributed by atoms with E-state index in [9.17, 15) is 9.90 Å². The number of nitrogens with one attached hydrogen (secondary N) is 1. The first-order chi connectivity index (χ1) is 12.5. The normalized spacial score (nSPS) is 26.5. The fourth-order valence-corrected chi connectivity index (χ4v) is 3.91. The van der Waals surface area contributed by atoms with E-state index < -0.39 is 0 Å². The van der Waals surface area contributed by atoms with Crippen molar-refractivity contribution in [2.75, 3.05) is 52.8 Å². The quantitative estimate of drug-likeness (QED) is 0.845. The molecular weight excluding hydrogens is 332 g/mol. The van der Waals surface area contributed by atoms with Gasteiger partial charge in [-0.1, -0.05) is 0 Å². The molecule has 2 N–H and O–H groups in total. The Morgan fingerprint density at radius 3 is 2.65 bits per heavy atom. The summed E-state index contributed by atoms with van der Waals surface area (Å²) < 4.78 is 5.16. The third-order valence-electron chi connectivity index (χ3n) is 5.63. The van der Waals surface area contributed by atoms with Gasteiger partial charge in [0.1, 0.15) is 5.75 Å². The van der Waals surface area contributed by atoms with Crippen LogP contribution < -0.4 is 10.1 Å². The fraction of sp³-hybridized carbons (Fsp3) is 0.632. The predicted octanol–water partition coefficient (Wildman–Crippen LogP) is 1.30. The molecule has 2 saturated heterocycles. The third-order valence-corrected chi connectivity index (χ3v) is 5.63. The molecule has 2 heterocycles. The molecule has 3 rings (SSSR count). The maximum absolute atomic E-state index is 12.9. The molecule has 0 saturated carbocycles. The van der Waals surface area contributed by atoms with E-state index in [1.165, 1.54) is 0 Å². The van der Waals surface area contributed by atoms with Crippen molar-refractivity contribution in [1.82, 2.24) is 14.7 Å². The van der Waals surface area contributed by atoms with Crippen LogP contribution in [0.15, 0.2) is 24.3 Å². The smallest absolute Gasteiger partial charge is 0.321 e. The minimum Gasteiger partial charge on any atom is -0.497 e. The molecule has 1 aromatic rings. The number of hydrogen-bond acceptors (Lipinski definition) is 5. The van der Waals surface area contributed by atoms with E-state index in [1.54, 1.807) is 7.11 Å². The van der Waals surface area contributed by atoms with Gasteiger partial charge in [-0.15, -0.1) is 0 Å². The number of likely N-dealkylation sites (N-methyl/N-ethyl adjacent to an activating group) is 1. The lowest BCUT2D eigenvalue weighted by molar-refractivity contribution is -0.0427. The van der Waals surface area contributed by atoms with Crippen LogP contribution in [0.2, 0.25) is 0 Å². The first-order valence-corrected chi connectivity index (χ1v) is 9.24. The Balaban J connectivity index is 1.69. The predicted molar refractivity (Wildman–Crippen MR) is 102 cm³/mol. The summed E-state index contributed by atoms with van der Waals surface area (Å²) in [5.41, 5.74) is 0.762. The molecule has 2 amide bonds. The number of hydrogen-bond donors (Lipinski definition) is 2. The second-order valence-electron chi connectivity index (χ2n) is 7.43. The molecule has 1 unspecified atom stereocenters. The number of methoxy groups -OCH3 is 1. The molecule has 144 valence electrons. The van der Waals surface area contributed by atoms with E-state index in [4.69, 9.17) is 4.74 Å². The maximum Gasteiger partial charge on any atom is 0.321 e. The average molecular weight is 362 g/mol. The second-order valence-corrected chi connectivity index (χ2v) is 7.43. The number of amides is 2. The van der Waals surface area contributed by atoms with Crippen LogP contribution in [-0.2, 0) is 0 Å². The van der Waals surface area contributed by atoms with Gasteiger partial charge < -0.3 is 25.0 Å². The number of rotatable bonds is 4. The first-order valence-electron chi connectivity index (χ1n) is 9.24. The molecule has 2 aliphatic heterocycles. The van der Waals surface area contributed by atoms with Gasteiger partial charge in [-0.2, -0.15) is 0 Å². The number of carbonyl (C=O) groups is 1. The van der Waals surface area contributed by atoms with Crippen LogP contribution >= 0.6 is 0 Å². The van der Waals surface area contributed by atoms with E-state index in [0.29, 0.717) is 25.2 Å². The van der Waals surface area contributed by atoms with E-state index >= 15 is 0 Å². The van der Waals surface area contributed by atoms with Gasteiger partial charge in [0.05, 0.1) is 13.7 Å². The van der Waals surface area contributed by atoms with Crippen molar-refractivity contribution >= 4 is 11.7 Å². The fourth-order valence-electron chi connectivity index (χ4n) is 3.91. The summed E-state index contributed by atoms with van der Waals surface area (Å²) in [5.74, 6) is 0.766. The zero-order valence-electron chi connectivity index (χ0n) is 15.9. The van der Waals surface area contributed by atoms with Crippen molar-refractivity contribution in [1.29, 1.82) is 0 Å². The van der Waals surface area contributed by atoms with Gasteiger partial charge in [-0.05, 0) is 51.2 Å². The molecule has 1 aromatic carbocycles. The van der Waals surface area contributed by atoms with Crippen LogP contribution in [0.4, 0.5) is 10.5 Å². The lowest BCUT2D eigenvalue weighted by Crippen LogP contribution is -2.65. The Labute approximate surface area is 155 Å². The molecule has 2 fully saturated rings. The van der Waals surface area contributed by atoms with Gasteiger partial charge in [0.25, 0.3) is 0 Å². The Morgan fingerprint density at radius 2 is 2.04 bits per heavy atom. The van der Waals surface area contributed by atoms with Gasteiger partial charge in [0, 0.05) is 43.4 Å². The Hall–Kier alpha value is -1.83. The molecule has 3 atom stereocenters. The first kappa shape index (κ1) is 18.9. The summed E-state index contributed by atoms with van der Waals surface area (Å²) in [6.45, 7) is 2.58. The van der Waals surface area contributed by atoms with Gasteiger partial charge >= 0.3 is 6.03 Å². The number of urea groups is 1. The monoisotopic (exact) mass is 362 g/mol.